The molecule has 0 bridgehead atoms. The number of hydrogen-bond donors (Lipinski definition) is 0. The van der Waals surface area contributed by atoms with Gasteiger partial charge in [0, 0.05) is 12.3 Å². The van der Waals surface area contributed by atoms with Crippen LogP contribution in [0.2, 0.25) is 0 Å². The zero-order valence-electron chi connectivity index (χ0n) is 4.96. The van der Waals surface area contributed by atoms with Crippen LogP contribution in [0.25, 0.3) is 0 Å². The first-order valence-electron chi connectivity index (χ1n) is 2.70. The molecule has 0 amide bonds. The van der Waals surface area contributed by atoms with Gasteiger partial charge in [0.25, 0.3) is 0 Å². The minimum Gasteiger partial charge on any atom is -0.303 e. The molecule has 0 saturated carbocycles. The SMILES string of the molecule is C[C@@H](C=O)CCC=O. The largest absolute Gasteiger partial charge is 0.303 e. The molecular weight excluding hydrogens is 104 g/mol. The average Bonchev–Trinajstić information content (AvgIpc) is 1.83. The molecule has 0 aliphatic rings. The first-order valence-corrected chi connectivity index (χ1v) is 2.70. The van der Waals surface area contributed by atoms with Crippen LogP contribution in [0.3, 0.4) is 0 Å². The van der Waals surface area contributed by atoms with Crippen molar-refractivity contribution in [1.82, 2.24) is 0 Å². The van der Waals surface area contributed by atoms with E-state index in [4.69, 9.17) is 0 Å². The second-order valence-electron chi connectivity index (χ2n) is 1.86. The third-order valence-corrected chi connectivity index (χ3v) is 0.972. The molecule has 0 rings (SSSR count). The van der Waals surface area contributed by atoms with Crippen molar-refractivity contribution in [2.45, 2.75) is 19.8 Å². The van der Waals surface area contributed by atoms with Crippen molar-refractivity contribution in [2.75, 3.05) is 0 Å². The zero-order valence-corrected chi connectivity index (χ0v) is 4.96. The highest BCUT2D eigenvalue weighted by atomic mass is 16.1. The van der Waals surface area contributed by atoms with Gasteiger partial charge in [0.1, 0.15) is 12.6 Å². The molecule has 2 heteroatoms. The number of carbonyl (C=O) groups excluding carboxylic acids is 2. The van der Waals surface area contributed by atoms with Gasteiger partial charge in [-0.2, -0.15) is 0 Å². The highest BCUT2D eigenvalue weighted by molar-refractivity contribution is 5.55. The van der Waals surface area contributed by atoms with Gasteiger partial charge in [-0.25, -0.2) is 0 Å². The van der Waals surface area contributed by atoms with Gasteiger partial charge >= 0.3 is 0 Å². The lowest BCUT2D eigenvalue weighted by molar-refractivity contribution is -0.111. The molecule has 0 aromatic carbocycles. The molecule has 0 aliphatic heterocycles. The van der Waals surface area contributed by atoms with E-state index >= 15 is 0 Å². The first-order chi connectivity index (χ1) is 3.81. The molecule has 46 valence electrons. The third kappa shape index (κ3) is 3.53. The van der Waals surface area contributed by atoms with Gasteiger partial charge in [-0.3, -0.25) is 0 Å². The van der Waals surface area contributed by atoms with Crippen molar-refractivity contribution in [2.24, 2.45) is 5.92 Å². The molecule has 0 fully saturated rings. The fourth-order valence-corrected chi connectivity index (χ4v) is 0.399. The molecule has 0 saturated heterocycles. The van der Waals surface area contributed by atoms with E-state index in [2.05, 4.69) is 0 Å². The molecule has 0 heterocycles. The fourth-order valence-electron chi connectivity index (χ4n) is 0.399. The normalized spacial score (nSPS) is 12.6. The molecular formula is C6H10O2. The Morgan fingerprint density at radius 2 is 2.12 bits per heavy atom. The summed E-state index contributed by atoms with van der Waals surface area (Å²) < 4.78 is 0. The Balaban J connectivity index is 3.09. The molecule has 8 heavy (non-hydrogen) atoms. The third-order valence-electron chi connectivity index (χ3n) is 0.972. The first kappa shape index (κ1) is 7.34. The average molecular weight is 114 g/mol. The molecule has 2 nitrogen and oxygen atoms in total. The lowest BCUT2D eigenvalue weighted by atomic mass is 10.1. The highest BCUT2D eigenvalue weighted by Gasteiger charge is 1.95. The number of aldehydes is 2. The Morgan fingerprint density at radius 3 is 2.50 bits per heavy atom. The molecule has 0 aromatic heterocycles. The summed E-state index contributed by atoms with van der Waals surface area (Å²) in [5.41, 5.74) is 0. The Labute approximate surface area is 48.9 Å². The number of carbonyl (C=O) groups is 2. The zero-order chi connectivity index (χ0) is 6.41. The Morgan fingerprint density at radius 1 is 1.50 bits per heavy atom. The maximum Gasteiger partial charge on any atom is 0.122 e. The summed E-state index contributed by atoms with van der Waals surface area (Å²) in [6, 6.07) is 0. The van der Waals surface area contributed by atoms with Crippen molar-refractivity contribution < 1.29 is 9.59 Å². The summed E-state index contributed by atoms with van der Waals surface area (Å²) in [5, 5.41) is 0. The highest BCUT2D eigenvalue weighted by Crippen LogP contribution is 1.98. The second-order valence-corrected chi connectivity index (χ2v) is 1.86. The summed E-state index contributed by atoms with van der Waals surface area (Å²) in [4.78, 5) is 19.6. The van der Waals surface area contributed by atoms with Crippen LogP contribution in [0.5, 0.6) is 0 Å². The molecule has 0 aromatic rings. The van der Waals surface area contributed by atoms with Gasteiger partial charge in [0.05, 0.1) is 0 Å². The number of hydrogen-bond acceptors (Lipinski definition) is 2. The van der Waals surface area contributed by atoms with Crippen molar-refractivity contribution >= 4 is 12.6 Å². The van der Waals surface area contributed by atoms with Crippen LogP contribution in [0.15, 0.2) is 0 Å². The van der Waals surface area contributed by atoms with Crippen LogP contribution < -0.4 is 0 Å². The maximum absolute atomic E-state index is 9.89. The van der Waals surface area contributed by atoms with Crippen LogP contribution >= 0.6 is 0 Å². The second kappa shape index (κ2) is 4.50. The molecule has 1 atom stereocenters. The Bertz CT molecular complexity index is 78.6. The van der Waals surface area contributed by atoms with Crippen LogP contribution in [0.1, 0.15) is 19.8 Å². The Kier molecular flexibility index (Phi) is 4.13. The van der Waals surface area contributed by atoms with Crippen molar-refractivity contribution in [3.63, 3.8) is 0 Å². The van der Waals surface area contributed by atoms with Gasteiger partial charge in [-0.1, -0.05) is 6.92 Å². The standard InChI is InChI=1S/C6H10O2/c1-6(5-8)3-2-4-7/h4-6H,2-3H2,1H3/t6-/m1/s1. The molecule has 0 unspecified atom stereocenters. The van der Waals surface area contributed by atoms with Gasteiger partial charge in [0.2, 0.25) is 0 Å². The van der Waals surface area contributed by atoms with E-state index in [9.17, 15) is 9.59 Å². The van der Waals surface area contributed by atoms with Gasteiger partial charge in [-0.15, -0.1) is 0 Å². The predicted octanol–water partition coefficient (Wildman–Crippen LogP) is 0.800. The van der Waals surface area contributed by atoms with E-state index in [-0.39, 0.29) is 5.92 Å². The van der Waals surface area contributed by atoms with Crippen molar-refractivity contribution in [3.8, 4) is 0 Å². The summed E-state index contributed by atoms with van der Waals surface area (Å²) >= 11 is 0. The summed E-state index contributed by atoms with van der Waals surface area (Å²) in [6.45, 7) is 1.80. The van der Waals surface area contributed by atoms with Gasteiger partial charge in [-0.05, 0) is 6.42 Å². The van der Waals surface area contributed by atoms with Crippen LogP contribution in [0, 0.1) is 5.92 Å². The van der Waals surface area contributed by atoms with Crippen molar-refractivity contribution in [1.29, 1.82) is 0 Å². The summed E-state index contributed by atoms with van der Waals surface area (Å²) in [5.74, 6) is 0.0419. The molecule has 0 spiro atoms. The fraction of sp³-hybridized carbons (Fsp3) is 0.667. The minimum atomic E-state index is 0.0419. The molecule has 0 radical (unpaired) electrons. The van der Waals surface area contributed by atoms with Crippen LogP contribution in [0.4, 0.5) is 0 Å². The van der Waals surface area contributed by atoms with E-state index in [0.717, 1.165) is 12.6 Å². The lowest BCUT2D eigenvalue weighted by Crippen LogP contribution is -1.94. The van der Waals surface area contributed by atoms with E-state index < -0.39 is 0 Å². The van der Waals surface area contributed by atoms with E-state index in [1.165, 1.54) is 0 Å². The molecule has 0 N–H and O–H groups in total. The number of rotatable bonds is 4. The van der Waals surface area contributed by atoms with Gasteiger partial charge < -0.3 is 9.59 Å². The maximum atomic E-state index is 9.89. The van der Waals surface area contributed by atoms with E-state index in [1.54, 1.807) is 6.92 Å². The quantitative estimate of drug-likeness (QED) is 0.506. The van der Waals surface area contributed by atoms with Gasteiger partial charge in [0.15, 0.2) is 0 Å². The summed E-state index contributed by atoms with van der Waals surface area (Å²) in [7, 11) is 0. The smallest absolute Gasteiger partial charge is 0.122 e. The lowest BCUT2D eigenvalue weighted by Gasteiger charge is -1.94. The minimum absolute atomic E-state index is 0.0419. The Hall–Kier alpha value is -0.660. The van der Waals surface area contributed by atoms with Crippen molar-refractivity contribution in [3.05, 3.63) is 0 Å². The van der Waals surface area contributed by atoms with Crippen LogP contribution in [-0.2, 0) is 9.59 Å². The van der Waals surface area contributed by atoms with E-state index in [0.29, 0.717) is 12.8 Å². The monoisotopic (exact) mass is 114 g/mol. The van der Waals surface area contributed by atoms with E-state index in [1.807, 2.05) is 0 Å². The topological polar surface area (TPSA) is 34.1 Å². The van der Waals surface area contributed by atoms with Crippen LogP contribution in [-0.4, -0.2) is 12.6 Å². The molecule has 0 aliphatic carbocycles. The summed E-state index contributed by atoms with van der Waals surface area (Å²) in [6.07, 6.45) is 2.89. The predicted molar refractivity (Wildman–Crippen MR) is 30.5 cm³/mol.